The van der Waals surface area contributed by atoms with Gasteiger partial charge in [-0.15, -0.1) is 11.8 Å². The third kappa shape index (κ3) is 4.61. The fourth-order valence-electron chi connectivity index (χ4n) is 2.93. The van der Waals surface area contributed by atoms with E-state index in [9.17, 15) is 21.6 Å². The molecule has 1 heterocycles. The van der Waals surface area contributed by atoms with Crippen molar-refractivity contribution >= 4 is 21.8 Å². The van der Waals surface area contributed by atoms with E-state index < -0.39 is 21.9 Å². The van der Waals surface area contributed by atoms with E-state index in [1.165, 1.54) is 49.2 Å². The Morgan fingerprint density at radius 2 is 1.57 bits per heavy atom. The van der Waals surface area contributed by atoms with Gasteiger partial charge in [-0.2, -0.15) is 13.2 Å². The van der Waals surface area contributed by atoms with Gasteiger partial charge in [-0.1, -0.05) is 24.3 Å². The molecule has 0 fully saturated rings. The van der Waals surface area contributed by atoms with E-state index in [2.05, 4.69) is 4.98 Å². The van der Waals surface area contributed by atoms with Crippen LogP contribution in [0.25, 0.3) is 22.3 Å². The number of hydrogen-bond donors (Lipinski definition) is 1. The van der Waals surface area contributed by atoms with Gasteiger partial charge < -0.3 is 4.74 Å². The highest BCUT2D eigenvalue weighted by atomic mass is 32.2. The number of thioether (sulfide) groups is 1. The standard InChI is InChI=1S/C20H17F3N2O3S2/c1-28-17-11-16(12-5-9-15(10-6-12)30(24,26)27)18(19(25-17)20(21,22)23)13-3-7-14(29-2)8-4-13/h3-11H,1-2H3,(H2,24,26,27). The first kappa shape index (κ1) is 22.1. The molecule has 0 saturated carbocycles. The van der Waals surface area contributed by atoms with Crippen LogP contribution >= 0.6 is 11.8 Å². The van der Waals surface area contributed by atoms with Gasteiger partial charge in [0.2, 0.25) is 15.9 Å². The van der Waals surface area contributed by atoms with E-state index >= 15 is 0 Å². The molecule has 3 aromatic rings. The van der Waals surface area contributed by atoms with E-state index in [-0.39, 0.29) is 21.9 Å². The predicted octanol–water partition coefficient (Wildman–Crippen LogP) is 4.81. The van der Waals surface area contributed by atoms with Crippen LogP contribution in [0.3, 0.4) is 0 Å². The molecule has 30 heavy (non-hydrogen) atoms. The van der Waals surface area contributed by atoms with E-state index in [1.807, 2.05) is 6.26 Å². The summed E-state index contributed by atoms with van der Waals surface area (Å²) >= 11 is 1.47. The van der Waals surface area contributed by atoms with Crippen molar-refractivity contribution in [3.63, 3.8) is 0 Å². The molecule has 0 aliphatic heterocycles. The van der Waals surface area contributed by atoms with Gasteiger partial charge in [0.15, 0.2) is 5.69 Å². The molecule has 0 amide bonds. The molecule has 1 aromatic heterocycles. The van der Waals surface area contributed by atoms with Gasteiger partial charge in [-0.05, 0) is 47.2 Å². The van der Waals surface area contributed by atoms with Crippen LogP contribution in [-0.4, -0.2) is 26.8 Å². The first-order chi connectivity index (χ1) is 14.0. The monoisotopic (exact) mass is 454 g/mol. The molecule has 2 aromatic carbocycles. The number of ether oxygens (including phenoxy) is 1. The quantitative estimate of drug-likeness (QED) is 0.560. The maximum absolute atomic E-state index is 13.9. The Balaban J connectivity index is 2.32. The molecule has 0 saturated heterocycles. The van der Waals surface area contributed by atoms with E-state index in [0.717, 1.165) is 4.90 Å². The molecule has 2 N–H and O–H groups in total. The zero-order chi connectivity index (χ0) is 22.1. The van der Waals surface area contributed by atoms with Crippen molar-refractivity contribution in [1.29, 1.82) is 0 Å². The predicted molar refractivity (Wildman–Crippen MR) is 110 cm³/mol. The minimum absolute atomic E-state index is 0.126. The fourth-order valence-corrected chi connectivity index (χ4v) is 3.86. The van der Waals surface area contributed by atoms with Gasteiger partial charge >= 0.3 is 6.18 Å². The summed E-state index contributed by atoms with van der Waals surface area (Å²) in [6, 6.07) is 13.3. The highest BCUT2D eigenvalue weighted by Gasteiger charge is 2.38. The Bertz CT molecular complexity index is 1160. The summed E-state index contributed by atoms with van der Waals surface area (Å²) in [6.45, 7) is 0. The maximum Gasteiger partial charge on any atom is 0.434 e. The number of hydrogen-bond acceptors (Lipinski definition) is 5. The lowest BCUT2D eigenvalue weighted by Gasteiger charge is -2.18. The molecule has 0 bridgehead atoms. The summed E-state index contributed by atoms with van der Waals surface area (Å²) < 4.78 is 69.7. The smallest absolute Gasteiger partial charge is 0.434 e. The number of pyridine rings is 1. The average Bonchev–Trinajstić information content (AvgIpc) is 2.71. The molecular weight excluding hydrogens is 437 g/mol. The summed E-state index contributed by atoms with van der Waals surface area (Å²) in [4.78, 5) is 4.41. The molecule has 10 heteroatoms. The number of benzene rings is 2. The minimum Gasteiger partial charge on any atom is -0.481 e. The van der Waals surface area contributed by atoms with Crippen LogP contribution in [0.2, 0.25) is 0 Å². The largest absolute Gasteiger partial charge is 0.481 e. The van der Waals surface area contributed by atoms with Gasteiger partial charge in [0.25, 0.3) is 0 Å². The van der Waals surface area contributed by atoms with Crippen LogP contribution in [0.15, 0.2) is 64.4 Å². The Kier molecular flexibility index (Phi) is 6.11. The van der Waals surface area contributed by atoms with Crippen LogP contribution in [-0.2, 0) is 16.2 Å². The number of primary sulfonamides is 1. The zero-order valence-electron chi connectivity index (χ0n) is 15.9. The number of nitrogens with two attached hydrogens (primary N) is 1. The number of aromatic nitrogens is 1. The number of nitrogens with zero attached hydrogens (tertiary/aromatic N) is 1. The summed E-state index contributed by atoms with van der Waals surface area (Å²) in [5.74, 6) is -0.211. The number of alkyl halides is 3. The second kappa shape index (κ2) is 8.29. The van der Waals surface area contributed by atoms with Crippen molar-refractivity contribution < 1.29 is 26.3 Å². The first-order valence-corrected chi connectivity index (χ1v) is 11.3. The molecule has 5 nitrogen and oxygen atoms in total. The third-order valence-corrected chi connectivity index (χ3v) is 6.02. The van der Waals surface area contributed by atoms with E-state index in [4.69, 9.17) is 9.88 Å². The second-order valence-corrected chi connectivity index (χ2v) is 8.67. The summed E-state index contributed by atoms with van der Waals surface area (Å²) in [5, 5.41) is 5.11. The van der Waals surface area contributed by atoms with Crippen molar-refractivity contribution in [2.45, 2.75) is 16.0 Å². The van der Waals surface area contributed by atoms with E-state index in [0.29, 0.717) is 11.1 Å². The molecule has 3 rings (SSSR count). The molecule has 158 valence electrons. The van der Waals surface area contributed by atoms with Crippen molar-refractivity contribution in [3.05, 3.63) is 60.3 Å². The van der Waals surface area contributed by atoms with Gasteiger partial charge in [0.1, 0.15) is 0 Å². The summed E-state index contributed by atoms with van der Waals surface area (Å²) in [5.41, 5.74) is -0.339. The lowest BCUT2D eigenvalue weighted by Crippen LogP contribution is -2.13. The topological polar surface area (TPSA) is 82.3 Å². The molecule has 0 unspecified atom stereocenters. The maximum atomic E-state index is 13.9. The fraction of sp³-hybridized carbons (Fsp3) is 0.150. The Labute approximate surface area is 176 Å². The molecule has 0 aliphatic rings. The molecule has 0 atom stereocenters. The first-order valence-electron chi connectivity index (χ1n) is 8.48. The highest BCUT2D eigenvalue weighted by molar-refractivity contribution is 7.98. The molecule has 0 radical (unpaired) electrons. The zero-order valence-corrected chi connectivity index (χ0v) is 17.5. The van der Waals surface area contributed by atoms with Crippen LogP contribution in [0.1, 0.15) is 5.69 Å². The van der Waals surface area contributed by atoms with Crippen molar-refractivity contribution in [2.75, 3.05) is 13.4 Å². The summed E-state index contributed by atoms with van der Waals surface area (Å²) in [7, 11) is -2.71. The van der Waals surface area contributed by atoms with Crippen LogP contribution in [0.4, 0.5) is 13.2 Å². The normalized spacial score (nSPS) is 12.1. The number of sulfonamides is 1. The highest BCUT2D eigenvalue weighted by Crippen LogP contribution is 2.43. The van der Waals surface area contributed by atoms with Crippen molar-refractivity contribution in [2.24, 2.45) is 5.14 Å². The summed E-state index contributed by atoms with van der Waals surface area (Å²) in [6.07, 6.45) is -2.87. The van der Waals surface area contributed by atoms with Gasteiger partial charge in [-0.3, -0.25) is 0 Å². The number of methoxy groups -OCH3 is 1. The lowest BCUT2D eigenvalue weighted by atomic mass is 9.93. The van der Waals surface area contributed by atoms with Crippen LogP contribution in [0.5, 0.6) is 5.88 Å². The average molecular weight is 454 g/mol. The van der Waals surface area contributed by atoms with E-state index in [1.54, 1.807) is 24.3 Å². The number of rotatable bonds is 5. The van der Waals surface area contributed by atoms with Crippen molar-refractivity contribution in [1.82, 2.24) is 4.98 Å². The second-order valence-electron chi connectivity index (χ2n) is 6.23. The Morgan fingerprint density at radius 1 is 1.00 bits per heavy atom. The number of halogens is 3. The molecule has 0 aliphatic carbocycles. The van der Waals surface area contributed by atoms with Gasteiger partial charge in [0, 0.05) is 16.5 Å². The molecular formula is C20H17F3N2O3S2. The van der Waals surface area contributed by atoms with Crippen LogP contribution < -0.4 is 9.88 Å². The molecule has 0 spiro atoms. The van der Waals surface area contributed by atoms with Gasteiger partial charge in [0.05, 0.1) is 12.0 Å². The third-order valence-electron chi connectivity index (χ3n) is 4.35. The Morgan fingerprint density at radius 3 is 2.03 bits per heavy atom. The Hall–Kier alpha value is -2.56. The lowest BCUT2D eigenvalue weighted by molar-refractivity contribution is -0.140. The van der Waals surface area contributed by atoms with Crippen LogP contribution in [0, 0.1) is 0 Å². The van der Waals surface area contributed by atoms with Gasteiger partial charge in [-0.25, -0.2) is 18.5 Å². The minimum atomic E-state index is -4.74. The van der Waals surface area contributed by atoms with Crippen molar-refractivity contribution in [3.8, 4) is 28.1 Å². The SMILES string of the molecule is COc1cc(-c2ccc(S(N)(=O)=O)cc2)c(-c2ccc(SC)cc2)c(C(F)(F)F)n1.